The Morgan fingerprint density at radius 2 is 1.57 bits per heavy atom. The number of rotatable bonds is 17. The number of hydrogen-bond acceptors (Lipinski definition) is 7. The molecule has 2 fully saturated rings. The van der Waals surface area contributed by atoms with Crippen molar-refractivity contribution in [2.75, 3.05) is 13.1 Å². The van der Waals surface area contributed by atoms with Crippen molar-refractivity contribution in [1.82, 2.24) is 15.7 Å². The van der Waals surface area contributed by atoms with Crippen molar-refractivity contribution in [2.45, 2.75) is 102 Å². The van der Waals surface area contributed by atoms with Gasteiger partial charge in [0.1, 0.15) is 0 Å². The second-order valence-corrected chi connectivity index (χ2v) is 13.2. The van der Waals surface area contributed by atoms with Crippen LogP contribution in [0, 0.1) is 0 Å². The van der Waals surface area contributed by atoms with Gasteiger partial charge in [-0.05, 0) is 65.6 Å². The molecule has 0 bridgehead atoms. The van der Waals surface area contributed by atoms with Crippen LogP contribution in [0.3, 0.4) is 0 Å². The van der Waals surface area contributed by atoms with E-state index in [1.807, 2.05) is 48.5 Å². The second kappa shape index (κ2) is 18.8. The quantitative estimate of drug-likeness (QED) is 0.0535. The molecule has 2 amide bonds. The smallest absolute Gasteiger partial charge is 0.243 e. The molecule has 1 saturated heterocycles. The number of nitrogens with one attached hydrogen (secondary N) is 2. The Morgan fingerprint density at radius 3 is 2.29 bits per heavy atom. The molecule has 9 heteroatoms. The van der Waals surface area contributed by atoms with E-state index in [1.165, 1.54) is 25.7 Å². The van der Waals surface area contributed by atoms with Gasteiger partial charge in [0.2, 0.25) is 11.8 Å². The van der Waals surface area contributed by atoms with Gasteiger partial charge in [0.25, 0.3) is 0 Å². The fourth-order valence-electron chi connectivity index (χ4n) is 6.92. The highest BCUT2D eigenvalue weighted by Gasteiger charge is 2.34. The molecule has 1 aliphatic carbocycles. The van der Waals surface area contributed by atoms with Crippen LogP contribution in [0.15, 0.2) is 85.5 Å². The number of hydrogen-bond donors (Lipinski definition) is 4. The zero-order valence-electron chi connectivity index (χ0n) is 28.4. The lowest BCUT2D eigenvalue weighted by Crippen LogP contribution is -2.43. The van der Waals surface area contributed by atoms with Crippen LogP contribution in [0.5, 0.6) is 0 Å². The Hall–Kier alpha value is -3.86. The third-order valence-electron chi connectivity index (χ3n) is 9.60. The van der Waals surface area contributed by atoms with Gasteiger partial charge in [-0.1, -0.05) is 86.0 Å². The standard InChI is InChI=1S/C40H51N3O6/c1-2-22-43(35-14-6-7-15-35)27-36-25-37(31-20-18-29(28-44)19-21-31)49-40(48-36)34-13-9-12-33(24-34)32-11-8-10-30(23-32)26-41-38(45)16-4-3-5-17-39(46)42-47/h2,8-13,18-21,23-24,35-37,40,44,47H,1,3-7,14-17,22,25-28H2,(H,41,45)(H,42,46)/t36-,37+,40+/m1/s1. The van der Waals surface area contributed by atoms with Crippen LogP contribution in [-0.4, -0.2) is 52.3 Å². The summed E-state index contributed by atoms with van der Waals surface area (Å²) in [5.41, 5.74) is 7.61. The number of amides is 2. The lowest BCUT2D eigenvalue weighted by Gasteiger charge is -2.39. The zero-order valence-corrected chi connectivity index (χ0v) is 28.4. The molecule has 5 rings (SSSR count). The van der Waals surface area contributed by atoms with E-state index in [1.54, 1.807) is 5.48 Å². The summed E-state index contributed by atoms with van der Waals surface area (Å²) >= 11 is 0. The van der Waals surface area contributed by atoms with Gasteiger partial charge in [-0.25, -0.2) is 5.48 Å². The fourth-order valence-corrected chi connectivity index (χ4v) is 6.92. The maximum absolute atomic E-state index is 12.4. The Morgan fingerprint density at radius 1 is 0.857 bits per heavy atom. The third-order valence-corrected chi connectivity index (χ3v) is 9.60. The van der Waals surface area contributed by atoms with Crippen LogP contribution < -0.4 is 10.8 Å². The minimum absolute atomic E-state index is 0.00742. The van der Waals surface area contributed by atoms with Crippen molar-refractivity contribution in [3.63, 3.8) is 0 Å². The highest BCUT2D eigenvalue weighted by atomic mass is 16.7. The Balaban J connectivity index is 1.26. The van der Waals surface area contributed by atoms with E-state index >= 15 is 0 Å². The average molecular weight is 670 g/mol. The molecule has 0 spiro atoms. The summed E-state index contributed by atoms with van der Waals surface area (Å²) in [6.45, 7) is 6.12. The fraction of sp³-hybridized carbons (Fsp3) is 0.450. The number of unbranched alkanes of at least 4 members (excludes halogenated alkanes) is 2. The predicted molar refractivity (Wildman–Crippen MR) is 189 cm³/mol. The maximum atomic E-state index is 12.4. The number of benzene rings is 3. The van der Waals surface area contributed by atoms with E-state index in [0.29, 0.717) is 31.8 Å². The van der Waals surface area contributed by atoms with E-state index in [4.69, 9.17) is 14.7 Å². The second-order valence-electron chi connectivity index (χ2n) is 13.2. The average Bonchev–Trinajstić information content (AvgIpc) is 3.69. The summed E-state index contributed by atoms with van der Waals surface area (Å²) < 4.78 is 13.4. The number of carbonyl (C=O) groups is 2. The summed E-state index contributed by atoms with van der Waals surface area (Å²) in [5, 5.41) is 21.2. The van der Waals surface area contributed by atoms with Gasteiger partial charge in [-0.3, -0.25) is 19.7 Å². The minimum atomic E-state index is -0.545. The maximum Gasteiger partial charge on any atom is 0.243 e. The molecule has 0 aromatic heterocycles. The first-order chi connectivity index (χ1) is 23.9. The molecule has 3 aromatic rings. The molecule has 4 N–H and O–H groups in total. The van der Waals surface area contributed by atoms with Crippen molar-refractivity contribution in [1.29, 1.82) is 0 Å². The summed E-state index contributed by atoms with van der Waals surface area (Å²) in [7, 11) is 0. The van der Waals surface area contributed by atoms with Crippen molar-refractivity contribution >= 4 is 11.8 Å². The molecule has 1 aliphatic heterocycles. The predicted octanol–water partition coefficient (Wildman–Crippen LogP) is 6.89. The van der Waals surface area contributed by atoms with E-state index in [0.717, 1.165) is 59.3 Å². The number of ether oxygens (including phenoxy) is 2. The number of aliphatic hydroxyl groups excluding tert-OH is 1. The molecule has 2 aliphatic rings. The van der Waals surface area contributed by atoms with E-state index in [2.05, 4.69) is 47.1 Å². The van der Waals surface area contributed by atoms with Crippen molar-refractivity contribution in [3.05, 3.63) is 108 Å². The molecule has 1 saturated carbocycles. The lowest BCUT2D eigenvalue weighted by atomic mass is 9.98. The van der Waals surface area contributed by atoms with Crippen LogP contribution >= 0.6 is 0 Å². The van der Waals surface area contributed by atoms with E-state index in [-0.39, 0.29) is 31.1 Å². The van der Waals surface area contributed by atoms with Crippen LogP contribution in [0.25, 0.3) is 11.1 Å². The molecule has 49 heavy (non-hydrogen) atoms. The van der Waals surface area contributed by atoms with Gasteiger partial charge in [0, 0.05) is 50.5 Å². The number of aliphatic hydroxyl groups is 1. The first-order valence-electron chi connectivity index (χ1n) is 17.7. The number of nitrogens with zero attached hydrogens (tertiary/aromatic N) is 1. The Labute approximate surface area is 290 Å². The van der Waals surface area contributed by atoms with Crippen molar-refractivity contribution in [2.24, 2.45) is 0 Å². The Bertz CT molecular complexity index is 1510. The monoisotopic (exact) mass is 669 g/mol. The molecule has 1 heterocycles. The Kier molecular flexibility index (Phi) is 14.0. The molecule has 9 nitrogen and oxygen atoms in total. The van der Waals surface area contributed by atoms with Gasteiger partial charge >= 0.3 is 0 Å². The van der Waals surface area contributed by atoms with Gasteiger partial charge in [-0.2, -0.15) is 0 Å². The van der Waals surface area contributed by atoms with Crippen LogP contribution in [0.4, 0.5) is 0 Å². The zero-order chi connectivity index (χ0) is 34.4. The largest absolute Gasteiger partial charge is 0.392 e. The lowest BCUT2D eigenvalue weighted by molar-refractivity contribution is -0.253. The van der Waals surface area contributed by atoms with Gasteiger partial charge < -0.3 is 19.9 Å². The van der Waals surface area contributed by atoms with E-state index < -0.39 is 12.2 Å². The minimum Gasteiger partial charge on any atom is -0.392 e. The highest BCUT2D eigenvalue weighted by Crippen LogP contribution is 2.39. The molecule has 3 aromatic carbocycles. The van der Waals surface area contributed by atoms with Gasteiger partial charge in [0.05, 0.1) is 18.8 Å². The highest BCUT2D eigenvalue weighted by molar-refractivity contribution is 5.76. The third kappa shape index (κ3) is 10.8. The first kappa shape index (κ1) is 36.4. The van der Waals surface area contributed by atoms with Crippen LogP contribution in [0.2, 0.25) is 0 Å². The summed E-state index contributed by atoms with van der Waals surface area (Å²) in [6, 6.07) is 25.0. The molecular formula is C40H51N3O6. The van der Waals surface area contributed by atoms with Crippen molar-refractivity contribution < 1.29 is 29.4 Å². The SMILES string of the molecule is C=CCN(C[C@H]1C[C@@H](c2ccc(CO)cc2)O[C@@H](c2cccc(-c3cccc(CNC(=O)CCCCCC(=O)NO)c3)c2)O1)C1CCCC1. The first-order valence-corrected chi connectivity index (χ1v) is 17.7. The molecule has 262 valence electrons. The number of carbonyl (C=O) groups excluding carboxylic acids is 2. The topological polar surface area (TPSA) is 120 Å². The van der Waals surface area contributed by atoms with Crippen LogP contribution in [-0.2, 0) is 32.2 Å². The summed E-state index contributed by atoms with van der Waals surface area (Å²) in [6.07, 6.45) is 9.67. The van der Waals surface area contributed by atoms with Gasteiger partial charge in [0.15, 0.2) is 6.29 Å². The number of hydroxylamine groups is 1. The summed E-state index contributed by atoms with van der Waals surface area (Å²) in [4.78, 5) is 26.1. The van der Waals surface area contributed by atoms with Gasteiger partial charge in [-0.15, -0.1) is 6.58 Å². The van der Waals surface area contributed by atoms with E-state index in [9.17, 15) is 14.7 Å². The molecule has 0 unspecified atom stereocenters. The normalized spacial score (nSPS) is 19.5. The molecular weight excluding hydrogens is 618 g/mol. The molecule has 0 radical (unpaired) electrons. The molecule has 3 atom stereocenters. The van der Waals surface area contributed by atoms with Crippen LogP contribution in [0.1, 0.15) is 98.9 Å². The van der Waals surface area contributed by atoms with Crippen molar-refractivity contribution in [3.8, 4) is 11.1 Å². The summed E-state index contributed by atoms with van der Waals surface area (Å²) in [5.74, 6) is -0.433.